The van der Waals surface area contributed by atoms with Crippen LogP contribution in [0.3, 0.4) is 0 Å². The number of hydrogen-bond donors (Lipinski definition) is 2. The maximum Gasteiger partial charge on any atom is 0.132 e. The van der Waals surface area contributed by atoms with Crippen LogP contribution >= 0.6 is 0 Å². The SMILES string of the molecule is CNc1cc(NC(C)CCS(C)=O)nc(C)n1. The summed E-state index contributed by atoms with van der Waals surface area (Å²) in [6.07, 6.45) is 2.59. The number of hydrogen-bond acceptors (Lipinski definition) is 5. The van der Waals surface area contributed by atoms with Gasteiger partial charge in [-0.15, -0.1) is 0 Å². The van der Waals surface area contributed by atoms with E-state index in [0.29, 0.717) is 5.75 Å². The summed E-state index contributed by atoms with van der Waals surface area (Å²) in [5, 5.41) is 6.28. The molecule has 0 aliphatic carbocycles. The van der Waals surface area contributed by atoms with Crippen LogP contribution in [0.15, 0.2) is 6.07 Å². The van der Waals surface area contributed by atoms with Crippen molar-refractivity contribution in [3.63, 3.8) is 0 Å². The van der Waals surface area contributed by atoms with Crippen LogP contribution in [0.5, 0.6) is 0 Å². The molecule has 2 atom stereocenters. The first-order valence-corrected chi connectivity index (χ1v) is 7.34. The third kappa shape index (κ3) is 5.12. The molecular formula is C11H20N4OS. The van der Waals surface area contributed by atoms with E-state index < -0.39 is 10.8 Å². The fourth-order valence-corrected chi connectivity index (χ4v) is 2.12. The molecule has 2 N–H and O–H groups in total. The van der Waals surface area contributed by atoms with Gasteiger partial charge in [0, 0.05) is 42.0 Å². The van der Waals surface area contributed by atoms with Crippen molar-refractivity contribution in [2.24, 2.45) is 0 Å². The normalized spacial score (nSPS) is 14.1. The molecule has 0 aliphatic rings. The highest BCUT2D eigenvalue weighted by molar-refractivity contribution is 7.84. The largest absolute Gasteiger partial charge is 0.373 e. The van der Waals surface area contributed by atoms with E-state index in [0.717, 1.165) is 23.9 Å². The average Bonchev–Trinajstić information content (AvgIpc) is 2.25. The minimum Gasteiger partial charge on any atom is -0.373 e. The summed E-state index contributed by atoms with van der Waals surface area (Å²) in [6.45, 7) is 3.92. The Kier molecular flexibility index (Phi) is 5.34. The van der Waals surface area contributed by atoms with Gasteiger partial charge in [-0.2, -0.15) is 0 Å². The molecule has 1 aromatic heterocycles. The molecular weight excluding hydrogens is 236 g/mol. The zero-order valence-electron chi connectivity index (χ0n) is 10.8. The molecule has 0 aromatic carbocycles. The summed E-state index contributed by atoms with van der Waals surface area (Å²) in [5.41, 5.74) is 0. The molecule has 0 saturated heterocycles. The van der Waals surface area contributed by atoms with E-state index in [2.05, 4.69) is 27.5 Å². The number of aromatic nitrogens is 2. The smallest absolute Gasteiger partial charge is 0.132 e. The van der Waals surface area contributed by atoms with Gasteiger partial charge in [0.1, 0.15) is 17.5 Å². The highest BCUT2D eigenvalue weighted by Crippen LogP contribution is 2.12. The van der Waals surface area contributed by atoms with E-state index in [1.807, 2.05) is 20.0 Å². The molecule has 17 heavy (non-hydrogen) atoms. The molecule has 0 saturated carbocycles. The lowest BCUT2D eigenvalue weighted by atomic mass is 10.2. The number of nitrogens with zero attached hydrogens (tertiary/aromatic N) is 2. The molecule has 2 unspecified atom stereocenters. The second kappa shape index (κ2) is 6.54. The van der Waals surface area contributed by atoms with Crippen LogP contribution in [-0.2, 0) is 10.8 Å². The summed E-state index contributed by atoms with van der Waals surface area (Å²) in [7, 11) is 1.09. The Balaban J connectivity index is 2.61. The van der Waals surface area contributed by atoms with Gasteiger partial charge >= 0.3 is 0 Å². The first kappa shape index (κ1) is 13.9. The fourth-order valence-electron chi connectivity index (χ4n) is 1.44. The van der Waals surface area contributed by atoms with Crippen LogP contribution in [0.1, 0.15) is 19.2 Å². The van der Waals surface area contributed by atoms with Gasteiger partial charge in [-0.1, -0.05) is 0 Å². The van der Waals surface area contributed by atoms with Gasteiger partial charge in [-0.05, 0) is 20.3 Å². The van der Waals surface area contributed by atoms with E-state index in [9.17, 15) is 4.21 Å². The third-order valence-corrected chi connectivity index (χ3v) is 3.14. The summed E-state index contributed by atoms with van der Waals surface area (Å²) in [6, 6.07) is 2.12. The van der Waals surface area contributed by atoms with Crippen molar-refractivity contribution in [2.75, 3.05) is 29.7 Å². The minimum absolute atomic E-state index is 0.248. The van der Waals surface area contributed by atoms with Gasteiger partial charge in [-0.3, -0.25) is 4.21 Å². The zero-order chi connectivity index (χ0) is 12.8. The molecule has 0 aliphatic heterocycles. The quantitative estimate of drug-likeness (QED) is 0.805. The van der Waals surface area contributed by atoms with E-state index in [1.165, 1.54) is 0 Å². The maximum absolute atomic E-state index is 11.0. The Morgan fingerprint density at radius 2 is 2.06 bits per heavy atom. The summed E-state index contributed by atoms with van der Waals surface area (Å²) < 4.78 is 11.0. The Morgan fingerprint density at radius 3 is 2.65 bits per heavy atom. The van der Waals surface area contributed by atoms with E-state index in [-0.39, 0.29) is 6.04 Å². The number of aryl methyl sites for hydroxylation is 1. The Morgan fingerprint density at radius 1 is 1.41 bits per heavy atom. The molecule has 0 bridgehead atoms. The first-order chi connectivity index (χ1) is 8.01. The lowest BCUT2D eigenvalue weighted by molar-refractivity contribution is 0.678. The topological polar surface area (TPSA) is 66.9 Å². The van der Waals surface area contributed by atoms with Crippen LogP contribution in [-0.4, -0.2) is 39.3 Å². The van der Waals surface area contributed by atoms with E-state index >= 15 is 0 Å². The van der Waals surface area contributed by atoms with E-state index in [4.69, 9.17) is 0 Å². The molecule has 1 heterocycles. The van der Waals surface area contributed by atoms with Crippen molar-refractivity contribution >= 4 is 22.4 Å². The summed E-state index contributed by atoms with van der Waals surface area (Å²) >= 11 is 0. The highest BCUT2D eigenvalue weighted by Gasteiger charge is 2.06. The molecule has 0 amide bonds. The Hall–Kier alpha value is -1.17. The van der Waals surface area contributed by atoms with Crippen LogP contribution in [0.25, 0.3) is 0 Å². The second-order valence-corrected chi connectivity index (χ2v) is 5.60. The third-order valence-electron chi connectivity index (χ3n) is 2.33. The molecule has 1 aromatic rings. The van der Waals surface area contributed by atoms with Crippen LogP contribution in [0.2, 0.25) is 0 Å². The molecule has 5 nitrogen and oxygen atoms in total. The summed E-state index contributed by atoms with van der Waals surface area (Å²) in [5.74, 6) is 3.03. The van der Waals surface area contributed by atoms with Gasteiger partial charge in [-0.25, -0.2) is 9.97 Å². The molecule has 1 rings (SSSR count). The van der Waals surface area contributed by atoms with Gasteiger partial charge in [0.25, 0.3) is 0 Å². The molecule has 6 heteroatoms. The van der Waals surface area contributed by atoms with Crippen molar-refractivity contribution in [1.29, 1.82) is 0 Å². The molecule has 0 radical (unpaired) electrons. The van der Waals surface area contributed by atoms with Crippen molar-refractivity contribution in [2.45, 2.75) is 26.3 Å². The number of rotatable bonds is 6. The van der Waals surface area contributed by atoms with Crippen molar-refractivity contribution in [3.05, 3.63) is 11.9 Å². The fraction of sp³-hybridized carbons (Fsp3) is 0.636. The number of nitrogens with one attached hydrogen (secondary N) is 2. The first-order valence-electron chi connectivity index (χ1n) is 5.61. The lowest BCUT2D eigenvalue weighted by Gasteiger charge is -2.14. The lowest BCUT2D eigenvalue weighted by Crippen LogP contribution is -2.19. The zero-order valence-corrected chi connectivity index (χ0v) is 11.6. The predicted octanol–water partition coefficient (Wildman–Crippen LogP) is 1.40. The van der Waals surface area contributed by atoms with Crippen LogP contribution in [0, 0.1) is 6.92 Å². The van der Waals surface area contributed by atoms with Gasteiger partial charge in [0.2, 0.25) is 0 Å². The summed E-state index contributed by atoms with van der Waals surface area (Å²) in [4.78, 5) is 8.53. The van der Waals surface area contributed by atoms with Crippen LogP contribution in [0.4, 0.5) is 11.6 Å². The highest BCUT2D eigenvalue weighted by atomic mass is 32.2. The Bertz CT molecular complexity index is 397. The monoisotopic (exact) mass is 256 g/mol. The second-order valence-electron chi connectivity index (χ2n) is 4.05. The van der Waals surface area contributed by atoms with Crippen molar-refractivity contribution < 1.29 is 4.21 Å². The van der Waals surface area contributed by atoms with Gasteiger partial charge in [0.15, 0.2) is 0 Å². The molecule has 0 fully saturated rings. The van der Waals surface area contributed by atoms with Crippen LogP contribution < -0.4 is 10.6 Å². The van der Waals surface area contributed by atoms with Crippen molar-refractivity contribution in [3.8, 4) is 0 Å². The molecule has 0 spiro atoms. The Labute approximate surface area is 105 Å². The van der Waals surface area contributed by atoms with Crippen molar-refractivity contribution in [1.82, 2.24) is 9.97 Å². The maximum atomic E-state index is 11.0. The van der Waals surface area contributed by atoms with Gasteiger partial charge in [0.05, 0.1) is 0 Å². The predicted molar refractivity (Wildman–Crippen MR) is 73.0 cm³/mol. The minimum atomic E-state index is -0.740. The number of anilines is 2. The van der Waals surface area contributed by atoms with E-state index in [1.54, 1.807) is 6.26 Å². The average molecular weight is 256 g/mol. The standard InChI is InChI=1S/C11H20N4OS/c1-8(5-6-17(4)16)13-11-7-10(12-3)14-9(2)15-11/h7-8H,5-6H2,1-4H3,(H2,12,13,14,15). The molecule has 96 valence electrons. The van der Waals surface area contributed by atoms with Gasteiger partial charge < -0.3 is 10.6 Å².